The third-order valence-corrected chi connectivity index (χ3v) is 4.87. The molecule has 1 aromatic carbocycles. The quantitative estimate of drug-likeness (QED) is 0.728. The van der Waals surface area contributed by atoms with E-state index in [9.17, 15) is 4.79 Å². The molecule has 0 saturated heterocycles. The number of fused-ring (bicyclic) bond motifs is 1. The van der Waals surface area contributed by atoms with E-state index in [2.05, 4.69) is 15.3 Å². The van der Waals surface area contributed by atoms with Crippen LogP contribution in [0, 0.1) is 0 Å². The molecule has 0 bridgehead atoms. The number of carbonyl (C=O) groups excluding carboxylic acids is 1. The molecule has 1 unspecified atom stereocenters. The second-order valence-corrected chi connectivity index (χ2v) is 6.83. The number of nitrogens with zero attached hydrogens (tertiary/aromatic N) is 2. The smallest absolute Gasteiger partial charge is 0.222 e. The lowest BCUT2D eigenvalue weighted by Gasteiger charge is -2.23. The number of furan rings is 1. The number of nitrogens with one attached hydrogen (secondary N) is 1. The van der Waals surface area contributed by atoms with Gasteiger partial charge >= 0.3 is 0 Å². The van der Waals surface area contributed by atoms with Gasteiger partial charge in [-0.25, -0.2) is 9.97 Å². The Morgan fingerprint density at radius 1 is 1.19 bits per heavy atom. The number of benzene rings is 1. The zero-order chi connectivity index (χ0) is 17.9. The Balaban J connectivity index is 1.48. The van der Waals surface area contributed by atoms with Crippen LogP contribution < -0.4 is 5.32 Å². The number of hydrogen-bond donors (Lipinski definition) is 1. The van der Waals surface area contributed by atoms with Gasteiger partial charge in [0, 0.05) is 30.6 Å². The van der Waals surface area contributed by atoms with E-state index in [0.29, 0.717) is 29.5 Å². The summed E-state index contributed by atoms with van der Waals surface area (Å²) in [5, 5.41) is 3.89. The minimum Gasteiger partial charge on any atom is -0.469 e. The highest BCUT2D eigenvalue weighted by Crippen LogP contribution is 2.32. The number of carbonyl (C=O) groups is 1. The highest BCUT2D eigenvalue weighted by atomic mass is 35.5. The Labute approximate surface area is 156 Å². The summed E-state index contributed by atoms with van der Waals surface area (Å²) in [6.45, 7) is 0.668. The van der Waals surface area contributed by atoms with Crippen molar-refractivity contribution >= 4 is 23.3 Å². The third kappa shape index (κ3) is 3.63. The standard InChI is InChI=1S/C20H18ClN3O2/c21-15-5-3-13(4-6-15)14-10-18-17(19(25)11-14)12-23-20(24-18)22-8-7-16-2-1-9-26-16/h1-6,9,12,14H,7-8,10-11H2,(H,22,23,24). The summed E-state index contributed by atoms with van der Waals surface area (Å²) in [4.78, 5) is 21.3. The van der Waals surface area contributed by atoms with Crippen molar-refractivity contribution in [3.05, 3.63) is 76.5 Å². The van der Waals surface area contributed by atoms with Crippen LogP contribution in [0.5, 0.6) is 0 Å². The number of ketones is 1. The molecule has 0 fully saturated rings. The Kier molecular flexibility index (Phi) is 4.71. The van der Waals surface area contributed by atoms with Crippen LogP contribution in [0.2, 0.25) is 5.02 Å². The van der Waals surface area contributed by atoms with Crippen LogP contribution >= 0.6 is 11.6 Å². The molecule has 0 amide bonds. The van der Waals surface area contributed by atoms with Gasteiger partial charge < -0.3 is 9.73 Å². The summed E-state index contributed by atoms with van der Waals surface area (Å²) in [6, 6.07) is 11.5. The fourth-order valence-electron chi connectivity index (χ4n) is 3.25. The molecule has 2 heterocycles. The Hall–Kier alpha value is -2.66. The maximum atomic E-state index is 12.5. The summed E-state index contributed by atoms with van der Waals surface area (Å²) in [5.74, 6) is 1.67. The van der Waals surface area contributed by atoms with Gasteiger partial charge in [-0.15, -0.1) is 0 Å². The monoisotopic (exact) mass is 367 g/mol. The molecule has 0 spiro atoms. The first-order chi connectivity index (χ1) is 12.7. The Morgan fingerprint density at radius 2 is 2.04 bits per heavy atom. The van der Waals surface area contributed by atoms with E-state index in [1.165, 1.54) is 0 Å². The fourth-order valence-corrected chi connectivity index (χ4v) is 3.38. The molecule has 3 aromatic rings. The van der Waals surface area contributed by atoms with E-state index >= 15 is 0 Å². The topological polar surface area (TPSA) is 68.0 Å². The molecule has 2 aromatic heterocycles. The molecular weight excluding hydrogens is 350 g/mol. The number of halogens is 1. The molecule has 1 atom stereocenters. The Morgan fingerprint density at radius 3 is 2.81 bits per heavy atom. The van der Waals surface area contributed by atoms with Crippen molar-refractivity contribution in [3.8, 4) is 0 Å². The van der Waals surface area contributed by atoms with Crippen molar-refractivity contribution in [3.63, 3.8) is 0 Å². The molecule has 0 radical (unpaired) electrons. The second kappa shape index (κ2) is 7.30. The van der Waals surface area contributed by atoms with Crippen molar-refractivity contribution in [2.24, 2.45) is 0 Å². The van der Waals surface area contributed by atoms with Gasteiger partial charge in [-0.3, -0.25) is 4.79 Å². The van der Waals surface area contributed by atoms with Crippen LogP contribution in [-0.4, -0.2) is 22.3 Å². The van der Waals surface area contributed by atoms with E-state index in [-0.39, 0.29) is 11.7 Å². The predicted octanol–water partition coefficient (Wildman–Crippen LogP) is 4.29. The van der Waals surface area contributed by atoms with Crippen molar-refractivity contribution in [1.82, 2.24) is 9.97 Å². The minimum atomic E-state index is 0.0911. The summed E-state index contributed by atoms with van der Waals surface area (Å²) < 4.78 is 5.31. The summed E-state index contributed by atoms with van der Waals surface area (Å²) in [6.07, 6.45) is 5.24. The molecule has 4 rings (SSSR count). The lowest BCUT2D eigenvalue weighted by Crippen LogP contribution is -2.21. The van der Waals surface area contributed by atoms with Crippen molar-refractivity contribution < 1.29 is 9.21 Å². The van der Waals surface area contributed by atoms with Gasteiger partial charge in [-0.05, 0) is 42.2 Å². The molecule has 6 heteroatoms. The third-order valence-electron chi connectivity index (χ3n) is 4.62. The number of aromatic nitrogens is 2. The van der Waals surface area contributed by atoms with Gasteiger partial charge in [0.2, 0.25) is 5.95 Å². The van der Waals surface area contributed by atoms with Crippen LogP contribution in [0.4, 0.5) is 5.95 Å². The first-order valence-corrected chi connectivity index (χ1v) is 8.97. The molecule has 5 nitrogen and oxygen atoms in total. The first kappa shape index (κ1) is 16.8. The van der Waals surface area contributed by atoms with Gasteiger partial charge in [0.05, 0.1) is 17.5 Å². The minimum absolute atomic E-state index is 0.0911. The van der Waals surface area contributed by atoms with E-state index in [1.807, 2.05) is 36.4 Å². The van der Waals surface area contributed by atoms with Crippen molar-refractivity contribution in [1.29, 1.82) is 0 Å². The van der Waals surface area contributed by atoms with Crippen molar-refractivity contribution in [2.45, 2.75) is 25.2 Å². The highest BCUT2D eigenvalue weighted by Gasteiger charge is 2.28. The van der Waals surface area contributed by atoms with Gasteiger partial charge in [0.25, 0.3) is 0 Å². The van der Waals surface area contributed by atoms with Gasteiger partial charge in [-0.1, -0.05) is 23.7 Å². The number of anilines is 1. The molecule has 1 N–H and O–H groups in total. The normalized spacial score (nSPS) is 16.3. The van der Waals surface area contributed by atoms with E-state index < -0.39 is 0 Å². The average molecular weight is 368 g/mol. The maximum absolute atomic E-state index is 12.5. The van der Waals surface area contributed by atoms with Gasteiger partial charge in [0.1, 0.15) is 5.76 Å². The number of Topliss-reactive ketones (excluding diaryl/α,β-unsaturated/α-hetero) is 1. The molecule has 0 saturated carbocycles. The first-order valence-electron chi connectivity index (χ1n) is 8.60. The molecule has 0 aliphatic heterocycles. The van der Waals surface area contributed by atoms with E-state index in [1.54, 1.807) is 12.5 Å². The van der Waals surface area contributed by atoms with Gasteiger partial charge in [-0.2, -0.15) is 0 Å². The fraction of sp³-hybridized carbons (Fsp3) is 0.250. The van der Waals surface area contributed by atoms with Crippen LogP contribution in [0.3, 0.4) is 0 Å². The molecular formula is C20H18ClN3O2. The highest BCUT2D eigenvalue weighted by molar-refractivity contribution is 6.30. The SMILES string of the molecule is O=C1CC(c2ccc(Cl)cc2)Cc2nc(NCCc3ccco3)ncc21. The number of hydrogen-bond acceptors (Lipinski definition) is 5. The van der Waals surface area contributed by atoms with Crippen LogP contribution in [0.1, 0.15) is 39.7 Å². The van der Waals surface area contributed by atoms with E-state index in [4.69, 9.17) is 16.0 Å². The zero-order valence-electron chi connectivity index (χ0n) is 14.1. The lowest BCUT2D eigenvalue weighted by molar-refractivity contribution is 0.0962. The van der Waals surface area contributed by atoms with Gasteiger partial charge in [0.15, 0.2) is 5.78 Å². The van der Waals surface area contributed by atoms with E-state index in [0.717, 1.165) is 29.9 Å². The van der Waals surface area contributed by atoms with Crippen LogP contribution in [0.25, 0.3) is 0 Å². The van der Waals surface area contributed by atoms with Crippen LogP contribution in [0.15, 0.2) is 53.3 Å². The summed E-state index contributed by atoms with van der Waals surface area (Å²) in [5.41, 5.74) is 2.54. The predicted molar refractivity (Wildman–Crippen MR) is 99.8 cm³/mol. The second-order valence-electron chi connectivity index (χ2n) is 6.39. The Bertz CT molecular complexity index is 907. The zero-order valence-corrected chi connectivity index (χ0v) is 14.9. The number of rotatable bonds is 5. The summed E-state index contributed by atoms with van der Waals surface area (Å²) >= 11 is 5.96. The molecule has 1 aliphatic carbocycles. The summed E-state index contributed by atoms with van der Waals surface area (Å²) in [7, 11) is 0. The maximum Gasteiger partial charge on any atom is 0.222 e. The van der Waals surface area contributed by atoms with Crippen LogP contribution in [-0.2, 0) is 12.8 Å². The largest absolute Gasteiger partial charge is 0.469 e. The van der Waals surface area contributed by atoms with Crippen molar-refractivity contribution in [2.75, 3.05) is 11.9 Å². The molecule has 132 valence electrons. The molecule has 1 aliphatic rings. The molecule has 26 heavy (non-hydrogen) atoms. The lowest BCUT2D eigenvalue weighted by atomic mass is 9.82. The average Bonchev–Trinajstić information content (AvgIpc) is 3.15.